The fourth-order valence-corrected chi connectivity index (χ4v) is 3.62. The topological polar surface area (TPSA) is 99.1 Å². The van der Waals surface area contributed by atoms with Gasteiger partial charge < -0.3 is 19.3 Å². The number of ether oxygens (including phenoxy) is 3. The van der Waals surface area contributed by atoms with Gasteiger partial charge in [0, 0.05) is 12.3 Å². The van der Waals surface area contributed by atoms with Crippen molar-refractivity contribution in [3.05, 3.63) is 29.8 Å². The van der Waals surface area contributed by atoms with Gasteiger partial charge in [0.2, 0.25) is 0 Å². The summed E-state index contributed by atoms with van der Waals surface area (Å²) in [6.45, 7) is 3.75. The molecule has 0 bridgehead atoms. The van der Waals surface area contributed by atoms with Crippen molar-refractivity contribution in [2.45, 2.75) is 31.8 Å². The molecule has 0 saturated heterocycles. The second-order valence-electron chi connectivity index (χ2n) is 6.53. The molecule has 0 unspecified atom stereocenters. The largest absolute Gasteiger partial charge is 0.494 e. The molecule has 1 fully saturated rings. The van der Waals surface area contributed by atoms with E-state index in [1.54, 1.807) is 24.3 Å². The van der Waals surface area contributed by atoms with Crippen LogP contribution in [-0.2, 0) is 23.9 Å². The van der Waals surface area contributed by atoms with E-state index in [0.717, 1.165) is 0 Å². The highest BCUT2D eigenvalue weighted by Gasteiger charge is 2.56. The Balaban J connectivity index is 2.57. The van der Waals surface area contributed by atoms with E-state index in [1.165, 1.54) is 21.1 Å². The van der Waals surface area contributed by atoms with Crippen LogP contribution in [0.3, 0.4) is 0 Å². The minimum atomic E-state index is -1.64. The molecule has 142 valence electrons. The molecule has 0 spiro atoms. The summed E-state index contributed by atoms with van der Waals surface area (Å²) in [6, 6.07) is 6.73. The lowest BCUT2D eigenvalue weighted by molar-refractivity contribution is -0.170. The van der Waals surface area contributed by atoms with E-state index in [1.807, 2.05) is 6.92 Å². The lowest BCUT2D eigenvalue weighted by Gasteiger charge is -2.43. The molecule has 7 nitrogen and oxygen atoms in total. The average molecular weight is 364 g/mol. The first-order valence-electron chi connectivity index (χ1n) is 8.40. The van der Waals surface area contributed by atoms with Gasteiger partial charge in [0.1, 0.15) is 11.7 Å². The maximum atomic E-state index is 12.6. The highest BCUT2D eigenvalue weighted by molar-refractivity contribution is 6.02. The van der Waals surface area contributed by atoms with Crippen molar-refractivity contribution >= 4 is 17.7 Å². The Morgan fingerprint density at radius 3 is 2.23 bits per heavy atom. The van der Waals surface area contributed by atoms with Gasteiger partial charge in [-0.3, -0.25) is 14.4 Å². The van der Waals surface area contributed by atoms with E-state index in [0.29, 0.717) is 17.9 Å². The van der Waals surface area contributed by atoms with E-state index in [-0.39, 0.29) is 6.42 Å². The standard InChI is InChI=1S/C19H24O7/c1-5-26-12-8-6-11(7-9-12)14-15(17(21)24-3)13(20)10-19(2,23)16(14)18(22)25-4/h6-9,14-16,23H,5,10H2,1-4H3/t14-,15+,16+,19-/m1/s1. The van der Waals surface area contributed by atoms with Gasteiger partial charge in [0.05, 0.1) is 32.3 Å². The highest BCUT2D eigenvalue weighted by atomic mass is 16.5. The zero-order valence-electron chi connectivity index (χ0n) is 15.4. The second-order valence-corrected chi connectivity index (χ2v) is 6.53. The molecule has 0 aromatic heterocycles. The summed E-state index contributed by atoms with van der Waals surface area (Å²) < 4.78 is 15.0. The van der Waals surface area contributed by atoms with Crippen LogP contribution in [0.15, 0.2) is 24.3 Å². The third-order valence-corrected chi connectivity index (χ3v) is 4.75. The smallest absolute Gasteiger partial charge is 0.316 e. The van der Waals surface area contributed by atoms with Gasteiger partial charge in [-0.1, -0.05) is 12.1 Å². The van der Waals surface area contributed by atoms with Crippen molar-refractivity contribution < 1.29 is 33.7 Å². The van der Waals surface area contributed by atoms with Gasteiger partial charge >= 0.3 is 11.9 Å². The van der Waals surface area contributed by atoms with Gasteiger partial charge in [0.15, 0.2) is 5.78 Å². The van der Waals surface area contributed by atoms with Gasteiger partial charge in [-0.2, -0.15) is 0 Å². The molecular weight excluding hydrogens is 340 g/mol. The summed E-state index contributed by atoms with van der Waals surface area (Å²) in [4.78, 5) is 37.3. The number of Topliss-reactive ketones (excluding diaryl/α,β-unsaturated/α-hetero) is 1. The zero-order chi connectivity index (χ0) is 19.5. The normalized spacial score (nSPS) is 28.3. The van der Waals surface area contributed by atoms with Crippen LogP contribution < -0.4 is 4.74 Å². The molecule has 0 aliphatic heterocycles. The second kappa shape index (κ2) is 7.86. The first kappa shape index (κ1) is 19.9. The molecule has 0 heterocycles. The predicted molar refractivity (Wildman–Crippen MR) is 91.6 cm³/mol. The van der Waals surface area contributed by atoms with Crippen molar-refractivity contribution in [3.8, 4) is 5.75 Å². The van der Waals surface area contributed by atoms with E-state index in [2.05, 4.69) is 0 Å². The molecular formula is C19H24O7. The van der Waals surface area contributed by atoms with E-state index in [9.17, 15) is 19.5 Å². The number of hydrogen-bond donors (Lipinski definition) is 1. The molecule has 0 radical (unpaired) electrons. The number of rotatable bonds is 5. The molecule has 26 heavy (non-hydrogen) atoms. The minimum absolute atomic E-state index is 0.333. The molecule has 0 amide bonds. The van der Waals surface area contributed by atoms with Crippen molar-refractivity contribution in [1.29, 1.82) is 0 Å². The molecule has 2 rings (SSSR count). The fraction of sp³-hybridized carbons (Fsp3) is 0.526. The lowest BCUT2D eigenvalue weighted by Crippen LogP contribution is -2.55. The molecule has 1 aromatic rings. The predicted octanol–water partition coefficient (Wildman–Crippen LogP) is 1.47. The number of carbonyl (C=O) groups excluding carboxylic acids is 3. The Morgan fingerprint density at radius 2 is 1.73 bits per heavy atom. The van der Waals surface area contributed by atoms with Crippen LogP contribution in [0.1, 0.15) is 31.7 Å². The fourth-order valence-electron chi connectivity index (χ4n) is 3.62. The van der Waals surface area contributed by atoms with Gasteiger partial charge in [-0.25, -0.2) is 0 Å². The van der Waals surface area contributed by atoms with Crippen LogP contribution in [-0.4, -0.2) is 49.3 Å². The van der Waals surface area contributed by atoms with Crippen LogP contribution in [0, 0.1) is 11.8 Å². The van der Waals surface area contributed by atoms with E-state index in [4.69, 9.17) is 14.2 Å². The molecule has 1 aliphatic carbocycles. The molecule has 1 aromatic carbocycles. The van der Waals surface area contributed by atoms with Crippen molar-refractivity contribution in [2.24, 2.45) is 11.8 Å². The number of methoxy groups -OCH3 is 2. The van der Waals surface area contributed by atoms with E-state index < -0.39 is 41.1 Å². The van der Waals surface area contributed by atoms with Gasteiger partial charge in [-0.15, -0.1) is 0 Å². The molecule has 1 N–H and O–H groups in total. The Kier molecular flexibility index (Phi) is 6.02. The molecule has 1 aliphatic rings. The summed E-state index contributed by atoms with van der Waals surface area (Å²) in [5.41, 5.74) is -1.09. The van der Waals surface area contributed by atoms with Crippen molar-refractivity contribution in [3.63, 3.8) is 0 Å². The number of ketones is 1. The lowest BCUT2D eigenvalue weighted by atomic mass is 9.62. The van der Waals surface area contributed by atoms with Gasteiger partial charge in [-0.05, 0) is 31.5 Å². The molecule has 7 heteroatoms. The van der Waals surface area contributed by atoms with Crippen LogP contribution in [0.5, 0.6) is 5.75 Å². The summed E-state index contributed by atoms with van der Waals surface area (Å²) in [7, 11) is 2.39. The average Bonchev–Trinajstić information content (AvgIpc) is 2.60. The minimum Gasteiger partial charge on any atom is -0.494 e. The summed E-state index contributed by atoms with van der Waals surface area (Å²) >= 11 is 0. The number of benzene rings is 1. The Morgan fingerprint density at radius 1 is 1.15 bits per heavy atom. The molecule has 1 saturated carbocycles. The number of esters is 2. The first-order chi connectivity index (χ1) is 12.3. The van der Waals surface area contributed by atoms with Crippen molar-refractivity contribution in [1.82, 2.24) is 0 Å². The highest BCUT2D eigenvalue weighted by Crippen LogP contribution is 2.46. The first-order valence-corrected chi connectivity index (χ1v) is 8.40. The quantitative estimate of drug-likeness (QED) is 0.624. The maximum absolute atomic E-state index is 12.6. The number of carbonyl (C=O) groups is 3. The number of hydrogen-bond acceptors (Lipinski definition) is 7. The zero-order valence-corrected chi connectivity index (χ0v) is 15.4. The third-order valence-electron chi connectivity index (χ3n) is 4.75. The van der Waals surface area contributed by atoms with Crippen LogP contribution >= 0.6 is 0 Å². The monoisotopic (exact) mass is 364 g/mol. The van der Waals surface area contributed by atoms with Gasteiger partial charge in [0.25, 0.3) is 0 Å². The molecule has 4 atom stereocenters. The Bertz CT molecular complexity index is 678. The summed E-state index contributed by atoms with van der Waals surface area (Å²) in [5.74, 6) is -4.46. The van der Waals surface area contributed by atoms with Crippen LogP contribution in [0.25, 0.3) is 0 Å². The van der Waals surface area contributed by atoms with Crippen LogP contribution in [0.4, 0.5) is 0 Å². The van der Waals surface area contributed by atoms with Crippen LogP contribution in [0.2, 0.25) is 0 Å². The van der Waals surface area contributed by atoms with E-state index >= 15 is 0 Å². The summed E-state index contributed by atoms with van der Waals surface area (Å²) in [6.07, 6.45) is -0.333. The summed E-state index contributed by atoms with van der Waals surface area (Å²) in [5, 5.41) is 10.8. The third kappa shape index (κ3) is 3.72. The number of aliphatic hydroxyl groups is 1. The Hall–Kier alpha value is -2.41. The van der Waals surface area contributed by atoms with Crippen molar-refractivity contribution in [2.75, 3.05) is 20.8 Å². The Labute approximate surface area is 152 Å². The maximum Gasteiger partial charge on any atom is 0.316 e. The SMILES string of the molecule is CCOc1ccc([C@@H]2[C@@H](C(=O)OC)C(=O)C[C@@](C)(O)[C@@H]2C(=O)OC)cc1.